The monoisotopic (exact) mass is 185 g/mol. The molecule has 1 N–H and O–H groups in total. The molecular weight excluding hydrogens is 166 g/mol. The predicted octanol–water partition coefficient (Wildman–Crippen LogP) is 0.790. The summed E-state index contributed by atoms with van der Waals surface area (Å²) < 4.78 is 11.3. The lowest BCUT2D eigenvalue weighted by Gasteiger charge is -2.31. The van der Waals surface area contributed by atoms with Crippen molar-refractivity contribution in [3.05, 3.63) is 0 Å². The molecule has 0 aromatic rings. The predicted molar refractivity (Wildman–Crippen MR) is 50.7 cm³/mol. The van der Waals surface area contributed by atoms with Gasteiger partial charge in [0.15, 0.2) is 0 Å². The van der Waals surface area contributed by atoms with Gasteiger partial charge in [-0.25, -0.2) is 0 Å². The Morgan fingerprint density at radius 3 is 3.00 bits per heavy atom. The molecule has 2 saturated heterocycles. The molecule has 0 aromatic heterocycles. The van der Waals surface area contributed by atoms with Crippen LogP contribution in [-0.4, -0.2) is 38.5 Å². The third kappa shape index (κ3) is 2.42. The zero-order valence-electron chi connectivity index (χ0n) is 8.29. The van der Waals surface area contributed by atoms with E-state index in [2.05, 4.69) is 12.2 Å². The summed E-state index contributed by atoms with van der Waals surface area (Å²) in [6, 6.07) is 0. The van der Waals surface area contributed by atoms with Crippen LogP contribution in [0, 0.1) is 5.92 Å². The number of hydrogen-bond acceptors (Lipinski definition) is 3. The summed E-state index contributed by atoms with van der Waals surface area (Å²) in [5.41, 5.74) is 0. The first kappa shape index (κ1) is 9.44. The van der Waals surface area contributed by atoms with E-state index in [1.807, 2.05) is 0 Å². The highest BCUT2D eigenvalue weighted by atomic mass is 16.6. The van der Waals surface area contributed by atoms with Gasteiger partial charge >= 0.3 is 0 Å². The molecule has 3 nitrogen and oxygen atoms in total. The van der Waals surface area contributed by atoms with Gasteiger partial charge in [0.2, 0.25) is 0 Å². The number of nitrogens with one attached hydrogen (secondary N) is 1. The lowest BCUT2D eigenvalue weighted by atomic mass is 9.97. The highest BCUT2D eigenvalue weighted by molar-refractivity contribution is 4.78. The minimum Gasteiger partial charge on any atom is -0.379 e. The van der Waals surface area contributed by atoms with Gasteiger partial charge in [-0.1, -0.05) is 6.92 Å². The fraction of sp³-hybridized carbons (Fsp3) is 1.00. The van der Waals surface area contributed by atoms with Crippen LogP contribution in [-0.2, 0) is 9.47 Å². The number of ether oxygens (including phenoxy) is 2. The Hall–Kier alpha value is -0.120. The van der Waals surface area contributed by atoms with E-state index < -0.39 is 0 Å². The first-order valence-electron chi connectivity index (χ1n) is 5.30. The third-order valence-electron chi connectivity index (χ3n) is 3.01. The van der Waals surface area contributed by atoms with Crippen molar-refractivity contribution in [1.29, 1.82) is 0 Å². The van der Waals surface area contributed by atoms with Crippen molar-refractivity contribution in [3.8, 4) is 0 Å². The lowest BCUT2D eigenvalue weighted by molar-refractivity contribution is -0.0493. The molecule has 0 aliphatic carbocycles. The van der Waals surface area contributed by atoms with Crippen LogP contribution in [0.3, 0.4) is 0 Å². The molecule has 2 heterocycles. The first-order valence-corrected chi connectivity index (χ1v) is 5.30. The second-order valence-corrected chi connectivity index (χ2v) is 4.13. The summed E-state index contributed by atoms with van der Waals surface area (Å²) in [5.74, 6) is 0.696. The van der Waals surface area contributed by atoms with Gasteiger partial charge in [0, 0.05) is 13.2 Å². The Morgan fingerprint density at radius 1 is 1.38 bits per heavy atom. The van der Waals surface area contributed by atoms with E-state index in [4.69, 9.17) is 9.47 Å². The smallest absolute Gasteiger partial charge is 0.0834 e. The molecule has 2 aliphatic rings. The number of rotatable bonds is 2. The summed E-state index contributed by atoms with van der Waals surface area (Å²) in [6.07, 6.45) is 3.06. The highest BCUT2D eigenvalue weighted by Gasteiger charge is 2.26. The topological polar surface area (TPSA) is 30.5 Å². The minimum atomic E-state index is 0.354. The van der Waals surface area contributed by atoms with E-state index in [-0.39, 0.29) is 0 Å². The normalized spacial score (nSPS) is 40.8. The van der Waals surface area contributed by atoms with E-state index >= 15 is 0 Å². The quantitative estimate of drug-likeness (QED) is 0.690. The zero-order chi connectivity index (χ0) is 9.10. The van der Waals surface area contributed by atoms with Crippen LogP contribution in [0.4, 0.5) is 0 Å². The summed E-state index contributed by atoms with van der Waals surface area (Å²) in [5, 5.41) is 3.37. The molecule has 2 rings (SSSR count). The maximum atomic E-state index is 5.98. The maximum absolute atomic E-state index is 5.98. The van der Waals surface area contributed by atoms with Crippen molar-refractivity contribution < 1.29 is 9.47 Å². The van der Waals surface area contributed by atoms with Gasteiger partial charge in [-0.2, -0.15) is 0 Å². The number of piperidine rings is 1. The molecule has 2 aliphatic heterocycles. The summed E-state index contributed by atoms with van der Waals surface area (Å²) >= 11 is 0. The van der Waals surface area contributed by atoms with Gasteiger partial charge in [-0.3, -0.25) is 0 Å². The number of hydrogen-bond donors (Lipinski definition) is 1. The van der Waals surface area contributed by atoms with E-state index in [0.717, 1.165) is 32.7 Å². The van der Waals surface area contributed by atoms with Crippen molar-refractivity contribution in [2.75, 3.05) is 26.3 Å². The second-order valence-electron chi connectivity index (χ2n) is 4.13. The average molecular weight is 185 g/mol. The lowest BCUT2D eigenvalue weighted by Crippen LogP contribution is -2.43. The van der Waals surface area contributed by atoms with Crippen molar-refractivity contribution in [2.45, 2.75) is 32.0 Å². The van der Waals surface area contributed by atoms with Crippen molar-refractivity contribution in [1.82, 2.24) is 5.32 Å². The van der Waals surface area contributed by atoms with Gasteiger partial charge in [-0.05, 0) is 25.3 Å². The molecule has 0 spiro atoms. The van der Waals surface area contributed by atoms with Crippen LogP contribution < -0.4 is 5.32 Å². The maximum Gasteiger partial charge on any atom is 0.0834 e. The van der Waals surface area contributed by atoms with E-state index in [9.17, 15) is 0 Å². The van der Waals surface area contributed by atoms with Crippen molar-refractivity contribution in [3.63, 3.8) is 0 Å². The van der Waals surface area contributed by atoms with Crippen LogP contribution in [0.2, 0.25) is 0 Å². The fourth-order valence-electron chi connectivity index (χ4n) is 2.01. The van der Waals surface area contributed by atoms with E-state index in [0.29, 0.717) is 18.1 Å². The Kier molecular flexibility index (Phi) is 3.19. The van der Waals surface area contributed by atoms with E-state index in [1.165, 1.54) is 6.42 Å². The van der Waals surface area contributed by atoms with Gasteiger partial charge < -0.3 is 14.8 Å². The summed E-state index contributed by atoms with van der Waals surface area (Å²) in [7, 11) is 0. The van der Waals surface area contributed by atoms with Crippen LogP contribution in [0.25, 0.3) is 0 Å². The SMILES string of the molecule is CC1CCNCC1OC1CCOC1. The van der Waals surface area contributed by atoms with Gasteiger partial charge in [0.05, 0.1) is 18.8 Å². The van der Waals surface area contributed by atoms with Crippen molar-refractivity contribution in [2.24, 2.45) is 5.92 Å². The fourth-order valence-corrected chi connectivity index (χ4v) is 2.01. The molecule has 3 unspecified atom stereocenters. The standard InChI is InChI=1S/C10H19NO2/c1-8-2-4-11-6-10(8)13-9-3-5-12-7-9/h8-11H,2-7H2,1H3. The van der Waals surface area contributed by atoms with Crippen LogP contribution in [0.1, 0.15) is 19.8 Å². The molecule has 0 amide bonds. The van der Waals surface area contributed by atoms with Crippen LogP contribution in [0.5, 0.6) is 0 Å². The molecule has 2 fully saturated rings. The van der Waals surface area contributed by atoms with Crippen molar-refractivity contribution >= 4 is 0 Å². The zero-order valence-corrected chi connectivity index (χ0v) is 8.29. The molecule has 76 valence electrons. The van der Waals surface area contributed by atoms with Gasteiger partial charge in [0.1, 0.15) is 0 Å². The molecule has 0 aromatic carbocycles. The molecule has 0 radical (unpaired) electrons. The summed E-state index contributed by atoms with van der Waals surface area (Å²) in [6.45, 7) is 6.10. The molecule has 3 atom stereocenters. The molecule has 0 saturated carbocycles. The van der Waals surface area contributed by atoms with Crippen LogP contribution in [0.15, 0.2) is 0 Å². The van der Waals surface area contributed by atoms with E-state index in [1.54, 1.807) is 0 Å². The van der Waals surface area contributed by atoms with Gasteiger partial charge in [0.25, 0.3) is 0 Å². The molecule has 0 bridgehead atoms. The molecular formula is C10H19NO2. The largest absolute Gasteiger partial charge is 0.379 e. The van der Waals surface area contributed by atoms with Crippen LogP contribution >= 0.6 is 0 Å². The third-order valence-corrected chi connectivity index (χ3v) is 3.01. The average Bonchev–Trinajstić information content (AvgIpc) is 2.61. The second kappa shape index (κ2) is 4.40. The molecule has 13 heavy (non-hydrogen) atoms. The Morgan fingerprint density at radius 2 is 2.31 bits per heavy atom. The van der Waals surface area contributed by atoms with Gasteiger partial charge in [-0.15, -0.1) is 0 Å². The Labute approximate surface area is 79.8 Å². The Balaban J connectivity index is 1.78. The molecule has 3 heteroatoms. The minimum absolute atomic E-state index is 0.354. The first-order chi connectivity index (χ1) is 6.36. The summed E-state index contributed by atoms with van der Waals surface area (Å²) in [4.78, 5) is 0. The Bertz CT molecular complexity index is 157. The highest BCUT2D eigenvalue weighted by Crippen LogP contribution is 2.19.